The zero-order valence-corrected chi connectivity index (χ0v) is 11.4. The van der Waals surface area contributed by atoms with Gasteiger partial charge in [-0.25, -0.2) is 4.98 Å². The predicted molar refractivity (Wildman–Crippen MR) is 78.9 cm³/mol. The minimum absolute atomic E-state index is 0.539. The van der Waals surface area contributed by atoms with E-state index >= 15 is 0 Å². The highest BCUT2D eigenvalue weighted by atomic mass is 32.1. The molecule has 2 heterocycles. The Morgan fingerprint density at radius 3 is 3.00 bits per heavy atom. The van der Waals surface area contributed by atoms with E-state index in [2.05, 4.69) is 33.1 Å². The highest BCUT2D eigenvalue weighted by Crippen LogP contribution is 2.33. The van der Waals surface area contributed by atoms with Gasteiger partial charge in [-0.3, -0.25) is 5.10 Å². The second-order valence-corrected chi connectivity index (χ2v) is 5.22. The average molecular weight is 268 g/mol. The number of nitrogens with zero attached hydrogens (tertiary/aromatic N) is 2. The van der Waals surface area contributed by atoms with Crippen LogP contribution in [0.2, 0.25) is 0 Å². The van der Waals surface area contributed by atoms with E-state index in [-0.39, 0.29) is 0 Å². The number of rotatable bonds is 1. The first-order valence-corrected chi connectivity index (χ1v) is 6.65. The van der Waals surface area contributed by atoms with Crippen LogP contribution in [0, 0.1) is 18.8 Å². The number of H-pyrrole nitrogens is 1. The molecule has 0 aliphatic rings. The molecule has 19 heavy (non-hydrogen) atoms. The van der Waals surface area contributed by atoms with Crippen molar-refractivity contribution in [2.24, 2.45) is 0 Å². The standard InChI is InChI=1S/C14H12N4S/c1-3-4-12-13(19-14(15)16-12)9-5-6-11-10(7-9)8(2)17-18-11/h5-7H,1-2H3,(H2,15,16)(H,17,18). The molecule has 0 atom stereocenters. The molecule has 94 valence electrons. The third kappa shape index (κ3) is 1.96. The molecule has 0 aliphatic carbocycles. The van der Waals surface area contributed by atoms with Crippen molar-refractivity contribution in [1.29, 1.82) is 0 Å². The van der Waals surface area contributed by atoms with Crippen LogP contribution in [0.4, 0.5) is 5.13 Å². The molecule has 0 fully saturated rings. The van der Waals surface area contributed by atoms with Gasteiger partial charge < -0.3 is 5.73 Å². The first-order chi connectivity index (χ1) is 9.19. The monoisotopic (exact) mass is 268 g/mol. The second kappa shape index (κ2) is 4.41. The summed E-state index contributed by atoms with van der Waals surface area (Å²) in [5.41, 5.74) is 9.62. The van der Waals surface area contributed by atoms with Gasteiger partial charge in [0.2, 0.25) is 0 Å². The fraction of sp³-hybridized carbons (Fsp3) is 0.143. The van der Waals surface area contributed by atoms with Crippen LogP contribution in [0.25, 0.3) is 21.3 Å². The SMILES string of the molecule is CC#Cc1nc(N)sc1-c1ccc2n[nH]c(C)c2c1. The van der Waals surface area contributed by atoms with Crippen molar-refractivity contribution >= 4 is 27.4 Å². The van der Waals surface area contributed by atoms with Crippen LogP contribution in [0.3, 0.4) is 0 Å². The zero-order chi connectivity index (χ0) is 13.4. The van der Waals surface area contributed by atoms with Crippen LogP contribution in [-0.2, 0) is 0 Å². The lowest BCUT2D eigenvalue weighted by molar-refractivity contribution is 1.07. The van der Waals surface area contributed by atoms with Gasteiger partial charge in [0.1, 0.15) is 5.69 Å². The molecule has 3 rings (SSSR count). The number of nitrogens with two attached hydrogens (primary N) is 1. The third-order valence-electron chi connectivity index (χ3n) is 2.89. The summed E-state index contributed by atoms with van der Waals surface area (Å²) >= 11 is 1.46. The molecule has 0 radical (unpaired) electrons. The van der Waals surface area contributed by atoms with Crippen molar-refractivity contribution in [2.45, 2.75) is 13.8 Å². The Labute approximate surface area is 114 Å². The number of benzene rings is 1. The lowest BCUT2D eigenvalue weighted by atomic mass is 10.1. The maximum Gasteiger partial charge on any atom is 0.181 e. The van der Waals surface area contributed by atoms with Crippen LogP contribution in [0.5, 0.6) is 0 Å². The molecule has 3 aromatic rings. The Kier molecular flexibility index (Phi) is 2.73. The van der Waals surface area contributed by atoms with Gasteiger partial charge >= 0.3 is 0 Å². The molecule has 4 nitrogen and oxygen atoms in total. The van der Waals surface area contributed by atoms with Crippen molar-refractivity contribution in [3.63, 3.8) is 0 Å². The molecule has 0 spiro atoms. The summed E-state index contributed by atoms with van der Waals surface area (Å²) in [6.45, 7) is 3.80. The van der Waals surface area contributed by atoms with Gasteiger partial charge in [-0.05, 0) is 37.5 Å². The minimum Gasteiger partial charge on any atom is -0.375 e. The van der Waals surface area contributed by atoms with Crippen LogP contribution in [0.15, 0.2) is 18.2 Å². The normalized spacial score (nSPS) is 10.4. The maximum atomic E-state index is 5.79. The number of anilines is 1. The number of nitrogens with one attached hydrogen (secondary N) is 1. The maximum absolute atomic E-state index is 5.79. The van der Waals surface area contributed by atoms with Gasteiger partial charge in [-0.1, -0.05) is 23.3 Å². The van der Waals surface area contributed by atoms with Gasteiger partial charge in [0.15, 0.2) is 5.13 Å². The van der Waals surface area contributed by atoms with Crippen LogP contribution >= 0.6 is 11.3 Å². The van der Waals surface area contributed by atoms with E-state index < -0.39 is 0 Å². The smallest absolute Gasteiger partial charge is 0.181 e. The summed E-state index contributed by atoms with van der Waals surface area (Å²) in [6, 6.07) is 6.12. The van der Waals surface area contributed by atoms with Gasteiger partial charge in [0.05, 0.1) is 10.4 Å². The topological polar surface area (TPSA) is 67.6 Å². The van der Waals surface area contributed by atoms with E-state index in [0.717, 1.165) is 32.7 Å². The first kappa shape index (κ1) is 11.8. The van der Waals surface area contributed by atoms with Crippen molar-refractivity contribution < 1.29 is 0 Å². The third-order valence-corrected chi connectivity index (χ3v) is 3.83. The average Bonchev–Trinajstić information content (AvgIpc) is 2.94. The molecule has 0 bridgehead atoms. The van der Waals surface area contributed by atoms with E-state index in [4.69, 9.17) is 5.73 Å². The Balaban J connectivity index is 2.22. The van der Waals surface area contributed by atoms with Crippen molar-refractivity contribution in [1.82, 2.24) is 15.2 Å². The number of hydrogen-bond donors (Lipinski definition) is 2. The molecule has 0 amide bonds. The highest BCUT2D eigenvalue weighted by molar-refractivity contribution is 7.19. The predicted octanol–water partition coefficient (Wildman–Crippen LogP) is 2.95. The summed E-state index contributed by atoms with van der Waals surface area (Å²) in [6.07, 6.45) is 0. The lowest BCUT2D eigenvalue weighted by Gasteiger charge is -1.98. The van der Waals surface area contributed by atoms with E-state index in [1.807, 2.05) is 19.1 Å². The Bertz CT molecular complexity index is 817. The molecular weight excluding hydrogens is 256 g/mol. The highest BCUT2D eigenvalue weighted by Gasteiger charge is 2.11. The van der Waals surface area contributed by atoms with Crippen molar-refractivity contribution in [3.05, 3.63) is 29.6 Å². The van der Waals surface area contributed by atoms with Crippen LogP contribution in [0.1, 0.15) is 18.3 Å². The summed E-state index contributed by atoms with van der Waals surface area (Å²) in [5, 5.41) is 8.86. The first-order valence-electron chi connectivity index (χ1n) is 5.83. The molecule has 0 saturated heterocycles. The molecule has 5 heteroatoms. The van der Waals surface area contributed by atoms with Crippen molar-refractivity contribution in [3.8, 4) is 22.3 Å². The number of thiazole rings is 1. The zero-order valence-electron chi connectivity index (χ0n) is 10.6. The van der Waals surface area contributed by atoms with Crippen LogP contribution < -0.4 is 5.73 Å². The number of fused-ring (bicyclic) bond motifs is 1. The molecule has 1 aromatic carbocycles. The fourth-order valence-corrected chi connectivity index (χ4v) is 2.80. The largest absolute Gasteiger partial charge is 0.375 e. The van der Waals surface area contributed by atoms with Crippen molar-refractivity contribution in [2.75, 3.05) is 5.73 Å². The summed E-state index contributed by atoms with van der Waals surface area (Å²) in [7, 11) is 0. The Hall–Kier alpha value is -2.32. The van der Waals surface area contributed by atoms with E-state index in [1.54, 1.807) is 6.92 Å². The number of aromatic amines is 1. The molecule has 0 aliphatic heterocycles. The van der Waals surface area contributed by atoms with Gasteiger partial charge in [-0.15, -0.1) is 0 Å². The van der Waals surface area contributed by atoms with Gasteiger partial charge in [-0.2, -0.15) is 5.10 Å². The number of aryl methyl sites for hydroxylation is 1. The summed E-state index contributed by atoms with van der Waals surface area (Å²) in [5.74, 6) is 5.87. The summed E-state index contributed by atoms with van der Waals surface area (Å²) < 4.78 is 0. The quantitative estimate of drug-likeness (QED) is 0.667. The fourth-order valence-electron chi connectivity index (χ4n) is 2.01. The summed E-state index contributed by atoms with van der Waals surface area (Å²) in [4.78, 5) is 5.27. The number of aromatic nitrogens is 3. The molecule has 3 N–H and O–H groups in total. The number of hydrogen-bond acceptors (Lipinski definition) is 4. The Morgan fingerprint density at radius 2 is 2.21 bits per heavy atom. The van der Waals surface area contributed by atoms with E-state index in [9.17, 15) is 0 Å². The molecule has 2 aromatic heterocycles. The van der Waals surface area contributed by atoms with E-state index in [0.29, 0.717) is 5.13 Å². The Morgan fingerprint density at radius 1 is 1.37 bits per heavy atom. The molecular formula is C14H12N4S. The minimum atomic E-state index is 0.539. The molecule has 0 unspecified atom stereocenters. The van der Waals surface area contributed by atoms with Gasteiger partial charge in [0, 0.05) is 11.1 Å². The molecule has 0 saturated carbocycles. The van der Waals surface area contributed by atoms with Gasteiger partial charge in [0.25, 0.3) is 0 Å². The number of nitrogen functional groups attached to an aromatic ring is 1. The van der Waals surface area contributed by atoms with Crippen LogP contribution in [-0.4, -0.2) is 15.2 Å². The lowest BCUT2D eigenvalue weighted by Crippen LogP contribution is -1.83. The van der Waals surface area contributed by atoms with E-state index in [1.165, 1.54) is 11.3 Å². The second-order valence-electron chi connectivity index (χ2n) is 4.19.